The van der Waals surface area contributed by atoms with E-state index in [4.69, 9.17) is 0 Å². The van der Waals surface area contributed by atoms with Gasteiger partial charge in [-0.1, -0.05) is 0 Å². The summed E-state index contributed by atoms with van der Waals surface area (Å²) < 4.78 is 37.5. The number of carbonyl (C=O) groups is 1. The summed E-state index contributed by atoms with van der Waals surface area (Å²) in [4.78, 5) is 13.4. The fourth-order valence-electron chi connectivity index (χ4n) is 2.91. The zero-order chi connectivity index (χ0) is 12.5. The van der Waals surface area contributed by atoms with Crippen molar-refractivity contribution in [2.24, 2.45) is 5.92 Å². The largest absolute Gasteiger partial charge is 0.391 e. The Morgan fingerprint density at radius 3 is 2.29 bits per heavy atom. The molecule has 0 aromatic heterocycles. The molecule has 17 heavy (non-hydrogen) atoms. The van der Waals surface area contributed by atoms with Crippen molar-refractivity contribution in [1.29, 1.82) is 0 Å². The number of carbonyl (C=O) groups excluding carboxylic acids is 1. The second-order valence-electron chi connectivity index (χ2n) is 5.14. The van der Waals surface area contributed by atoms with E-state index in [1.165, 1.54) is 0 Å². The van der Waals surface area contributed by atoms with Crippen molar-refractivity contribution >= 4 is 5.78 Å². The summed E-state index contributed by atoms with van der Waals surface area (Å²) in [5.41, 5.74) is 0. The Morgan fingerprint density at radius 2 is 1.76 bits per heavy atom. The molecule has 5 heteroatoms. The van der Waals surface area contributed by atoms with Crippen LogP contribution in [0.5, 0.6) is 0 Å². The number of likely N-dealkylation sites (tertiary alicyclic amines) is 1. The van der Waals surface area contributed by atoms with E-state index in [2.05, 4.69) is 4.90 Å². The molecule has 2 rings (SSSR count). The van der Waals surface area contributed by atoms with Crippen LogP contribution in [0.4, 0.5) is 13.2 Å². The van der Waals surface area contributed by atoms with Crippen LogP contribution in [0.15, 0.2) is 0 Å². The number of rotatable bonds is 1. The van der Waals surface area contributed by atoms with Gasteiger partial charge in [-0.3, -0.25) is 9.69 Å². The lowest BCUT2D eigenvalue weighted by atomic mass is 9.89. The highest BCUT2D eigenvalue weighted by Gasteiger charge is 2.42. The number of ketones is 1. The molecule has 1 aliphatic heterocycles. The van der Waals surface area contributed by atoms with Crippen LogP contribution in [-0.4, -0.2) is 36.0 Å². The summed E-state index contributed by atoms with van der Waals surface area (Å²) >= 11 is 0. The maximum absolute atomic E-state index is 12.5. The molecule has 1 atom stereocenters. The van der Waals surface area contributed by atoms with E-state index in [1.807, 2.05) is 0 Å². The van der Waals surface area contributed by atoms with Crippen molar-refractivity contribution in [2.45, 2.75) is 50.7 Å². The van der Waals surface area contributed by atoms with E-state index in [9.17, 15) is 18.0 Å². The second-order valence-corrected chi connectivity index (χ2v) is 5.14. The Balaban J connectivity index is 1.84. The van der Waals surface area contributed by atoms with Gasteiger partial charge >= 0.3 is 6.18 Å². The molecule has 0 N–H and O–H groups in total. The van der Waals surface area contributed by atoms with Gasteiger partial charge in [0.15, 0.2) is 0 Å². The van der Waals surface area contributed by atoms with Crippen LogP contribution in [0, 0.1) is 5.92 Å². The zero-order valence-electron chi connectivity index (χ0n) is 9.80. The number of hydrogen-bond donors (Lipinski definition) is 0. The van der Waals surface area contributed by atoms with Crippen LogP contribution >= 0.6 is 0 Å². The lowest BCUT2D eigenvalue weighted by Gasteiger charge is -2.39. The average molecular weight is 249 g/mol. The smallest absolute Gasteiger partial charge is 0.300 e. The van der Waals surface area contributed by atoms with Gasteiger partial charge in [0, 0.05) is 18.9 Å². The van der Waals surface area contributed by atoms with E-state index in [0.29, 0.717) is 25.9 Å². The van der Waals surface area contributed by atoms with E-state index in [1.54, 1.807) is 0 Å². The third-order valence-corrected chi connectivity index (χ3v) is 3.97. The molecule has 2 aliphatic rings. The molecule has 0 radical (unpaired) electrons. The summed E-state index contributed by atoms with van der Waals surface area (Å²) in [6, 6.07) is 0.199. The lowest BCUT2D eigenvalue weighted by Crippen LogP contribution is -2.46. The molecule has 0 spiro atoms. The van der Waals surface area contributed by atoms with Gasteiger partial charge in [0.2, 0.25) is 0 Å². The minimum absolute atomic E-state index is 0.189. The highest BCUT2D eigenvalue weighted by molar-refractivity contribution is 5.79. The van der Waals surface area contributed by atoms with Crippen LogP contribution in [0.2, 0.25) is 0 Å². The Hall–Kier alpha value is -0.580. The molecule has 1 unspecified atom stereocenters. The van der Waals surface area contributed by atoms with Crippen molar-refractivity contribution in [2.75, 3.05) is 13.1 Å². The fourth-order valence-corrected chi connectivity index (χ4v) is 2.91. The van der Waals surface area contributed by atoms with Crippen molar-refractivity contribution in [3.63, 3.8) is 0 Å². The second kappa shape index (κ2) is 4.96. The quantitative estimate of drug-likeness (QED) is 0.712. The predicted octanol–water partition coefficient (Wildman–Crippen LogP) is 2.77. The number of piperidine rings is 1. The first-order valence-corrected chi connectivity index (χ1v) is 6.29. The maximum atomic E-state index is 12.5. The van der Waals surface area contributed by atoms with Gasteiger partial charge in [-0.25, -0.2) is 0 Å². The van der Waals surface area contributed by atoms with Crippen LogP contribution < -0.4 is 0 Å². The van der Waals surface area contributed by atoms with E-state index >= 15 is 0 Å². The minimum atomic E-state index is -4.05. The van der Waals surface area contributed by atoms with E-state index in [0.717, 1.165) is 12.8 Å². The molecular formula is C12H18F3NO. The number of alkyl halides is 3. The van der Waals surface area contributed by atoms with Crippen LogP contribution in [0.3, 0.4) is 0 Å². The minimum Gasteiger partial charge on any atom is -0.300 e. The lowest BCUT2D eigenvalue weighted by molar-refractivity contribution is -0.186. The molecule has 2 fully saturated rings. The molecule has 1 heterocycles. The number of hydrogen-bond acceptors (Lipinski definition) is 2. The Morgan fingerprint density at radius 1 is 1.12 bits per heavy atom. The normalized spacial score (nSPS) is 29.6. The molecule has 0 bridgehead atoms. The molecule has 1 saturated carbocycles. The van der Waals surface area contributed by atoms with E-state index in [-0.39, 0.29) is 24.7 Å². The van der Waals surface area contributed by atoms with Crippen molar-refractivity contribution in [1.82, 2.24) is 4.90 Å². The van der Waals surface area contributed by atoms with Crippen molar-refractivity contribution in [3.8, 4) is 0 Å². The van der Waals surface area contributed by atoms with Gasteiger partial charge in [-0.05, 0) is 38.8 Å². The molecule has 98 valence electrons. The topological polar surface area (TPSA) is 20.3 Å². The molecule has 0 aromatic carbocycles. The summed E-state index contributed by atoms with van der Waals surface area (Å²) in [5.74, 6) is -0.878. The van der Waals surface area contributed by atoms with Gasteiger partial charge in [0.05, 0.1) is 5.92 Å². The third-order valence-electron chi connectivity index (χ3n) is 3.97. The van der Waals surface area contributed by atoms with Gasteiger partial charge < -0.3 is 0 Å². The van der Waals surface area contributed by atoms with E-state index < -0.39 is 12.1 Å². The first-order chi connectivity index (χ1) is 7.97. The van der Waals surface area contributed by atoms with Crippen LogP contribution in [0.1, 0.15) is 38.5 Å². The number of halogens is 3. The summed E-state index contributed by atoms with van der Waals surface area (Å²) in [7, 11) is 0. The first-order valence-electron chi connectivity index (χ1n) is 6.29. The standard InChI is InChI=1S/C12H18F3NO/c13-12(14,15)9-4-6-16(7-5-9)10-2-1-3-11(17)8-10/h9-10H,1-8H2. The Labute approximate surface area is 99.2 Å². The summed E-state index contributed by atoms with van der Waals surface area (Å²) in [6.07, 6.45) is -0.631. The molecule has 0 amide bonds. The van der Waals surface area contributed by atoms with Gasteiger partial charge in [-0.15, -0.1) is 0 Å². The predicted molar refractivity (Wildman–Crippen MR) is 57.6 cm³/mol. The molecule has 1 saturated heterocycles. The van der Waals surface area contributed by atoms with Crippen molar-refractivity contribution < 1.29 is 18.0 Å². The summed E-state index contributed by atoms with van der Waals surface area (Å²) in [5, 5.41) is 0. The fraction of sp³-hybridized carbons (Fsp3) is 0.917. The average Bonchev–Trinajstić information content (AvgIpc) is 2.28. The van der Waals surface area contributed by atoms with Crippen LogP contribution in [-0.2, 0) is 4.79 Å². The molecule has 1 aliphatic carbocycles. The zero-order valence-corrected chi connectivity index (χ0v) is 9.80. The van der Waals surface area contributed by atoms with Gasteiger partial charge in [-0.2, -0.15) is 13.2 Å². The maximum Gasteiger partial charge on any atom is 0.391 e. The third kappa shape index (κ3) is 3.21. The van der Waals surface area contributed by atoms with Gasteiger partial charge in [0.1, 0.15) is 5.78 Å². The first kappa shape index (κ1) is 12.9. The molecular weight excluding hydrogens is 231 g/mol. The Bertz CT molecular complexity index is 282. The highest BCUT2D eigenvalue weighted by Crippen LogP contribution is 2.35. The van der Waals surface area contributed by atoms with Crippen LogP contribution in [0.25, 0.3) is 0 Å². The highest BCUT2D eigenvalue weighted by atomic mass is 19.4. The Kier molecular flexibility index (Phi) is 3.76. The number of Topliss-reactive ketones (excluding diaryl/α,β-unsaturated/α-hetero) is 1. The molecule has 2 nitrogen and oxygen atoms in total. The SMILES string of the molecule is O=C1CCCC(N2CCC(C(F)(F)F)CC2)C1. The summed E-state index contributed by atoms with van der Waals surface area (Å²) in [6.45, 7) is 0.976. The number of nitrogens with zero attached hydrogens (tertiary/aromatic N) is 1. The van der Waals surface area contributed by atoms with Gasteiger partial charge in [0.25, 0.3) is 0 Å². The van der Waals surface area contributed by atoms with Crippen molar-refractivity contribution in [3.05, 3.63) is 0 Å². The molecule has 0 aromatic rings. The monoisotopic (exact) mass is 249 g/mol.